The minimum Gasteiger partial charge on any atom is -0.496 e. The highest BCUT2D eigenvalue weighted by Gasteiger charge is 2.16. The van der Waals surface area contributed by atoms with E-state index in [1.54, 1.807) is 7.11 Å². The smallest absolute Gasteiger partial charge is 0.358 e. The van der Waals surface area contributed by atoms with Crippen LogP contribution in [0.3, 0.4) is 0 Å². The number of ether oxygens (including phenoxy) is 1. The molecule has 0 unspecified atom stereocenters. The quantitative estimate of drug-likeness (QED) is 0.902. The molecule has 5 nitrogen and oxygen atoms in total. The molecule has 0 atom stereocenters. The van der Waals surface area contributed by atoms with E-state index in [4.69, 9.17) is 14.4 Å². The number of carboxylic acids is 1. The molecular weight excluding hydrogens is 234 g/mol. The fourth-order valence-corrected chi connectivity index (χ4v) is 1.65. The molecule has 0 spiro atoms. The average Bonchev–Trinajstić information content (AvgIpc) is 2.81. The maximum atomic E-state index is 10.8. The van der Waals surface area contributed by atoms with E-state index in [0.717, 1.165) is 11.1 Å². The number of aromatic nitrogens is 1. The highest BCUT2D eigenvalue weighted by Crippen LogP contribution is 2.32. The van der Waals surface area contributed by atoms with Crippen LogP contribution in [0.5, 0.6) is 5.75 Å². The molecule has 0 bridgehead atoms. The lowest BCUT2D eigenvalue weighted by Gasteiger charge is -2.09. The van der Waals surface area contributed by atoms with Crippen molar-refractivity contribution in [3.05, 3.63) is 35.0 Å². The third-order valence-corrected chi connectivity index (χ3v) is 2.81. The summed E-state index contributed by atoms with van der Waals surface area (Å²) in [4.78, 5) is 10.8. The van der Waals surface area contributed by atoms with Crippen molar-refractivity contribution in [2.75, 3.05) is 7.11 Å². The number of hydrogen-bond acceptors (Lipinski definition) is 4. The van der Waals surface area contributed by atoms with Gasteiger partial charge in [0.1, 0.15) is 5.75 Å². The topological polar surface area (TPSA) is 72.6 Å². The number of benzene rings is 1. The van der Waals surface area contributed by atoms with Crippen molar-refractivity contribution in [2.45, 2.75) is 13.8 Å². The maximum Gasteiger partial charge on any atom is 0.358 e. The van der Waals surface area contributed by atoms with Crippen molar-refractivity contribution in [1.29, 1.82) is 0 Å². The van der Waals surface area contributed by atoms with E-state index < -0.39 is 5.97 Å². The molecule has 1 N–H and O–H groups in total. The summed E-state index contributed by atoms with van der Waals surface area (Å²) in [5.41, 5.74) is 2.73. The van der Waals surface area contributed by atoms with Gasteiger partial charge in [-0.2, -0.15) is 0 Å². The number of carboxylic acid groups (broad SMARTS) is 1. The molecule has 2 aromatic rings. The molecule has 94 valence electrons. The van der Waals surface area contributed by atoms with Crippen molar-refractivity contribution in [3.63, 3.8) is 0 Å². The van der Waals surface area contributed by atoms with Gasteiger partial charge in [-0.25, -0.2) is 4.79 Å². The number of nitrogens with zero attached hydrogens (tertiary/aromatic N) is 1. The Bertz CT molecular complexity index is 601. The first-order chi connectivity index (χ1) is 8.52. The molecule has 0 saturated heterocycles. The molecule has 0 fully saturated rings. The molecule has 0 radical (unpaired) electrons. The summed E-state index contributed by atoms with van der Waals surface area (Å²) >= 11 is 0. The molecule has 0 aliphatic heterocycles. The lowest BCUT2D eigenvalue weighted by molar-refractivity contribution is 0.0686. The summed E-state index contributed by atoms with van der Waals surface area (Å²) < 4.78 is 10.3. The van der Waals surface area contributed by atoms with Gasteiger partial charge < -0.3 is 14.4 Å². The number of hydrogen-bond donors (Lipinski definition) is 1. The Morgan fingerprint density at radius 1 is 1.28 bits per heavy atom. The molecule has 18 heavy (non-hydrogen) atoms. The van der Waals surface area contributed by atoms with Crippen LogP contribution in [0.25, 0.3) is 11.3 Å². The molecule has 0 aliphatic carbocycles. The van der Waals surface area contributed by atoms with Crippen LogP contribution in [0, 0.1) is 13.8 Å². The highest BCUT2D eigenvalue weighted by molar-refractivity contribution is 5.86. The van der Waals surface area contributed by atoms with Gasteiger partial charge in [-0.1, -0.05) is 5.16 Å². The number of methoxy groups -OCH3 is 1. The van der Waals surface area contributed by atoms with Crippen LogP contribution in [-0.4, -0.2) is 23.3 Å². The second-order valence-corrected chi connectivity index (χ2v) is 4.02. The van der Waals surface area contributed by atoms with Gasteiger partial charge in [-0.3, -0.25) is 0 Å². The summed E-state index contributed by atoms with van der Waals surface area (Å²) in [7, 11) is 1.56. The Balaban J connectivity index is 2.55. The van der Waals surface area contributed by atoms with Gasteiger partial charge in [-0.05, 0) is 37.1 Å². The molecular formula is C13H13NO4. The zero-order chi connectivity index (χ0) is 13.3. The van der Waals surface area contributed by atoms with Gasteiger partial charge >= 0.3 is 5.97 Å². The third kappa shape index (κ3) is 2.07. The fraction of sp³-hybridized carbons (Fsp3) is 0.231. The molecule has 0 amide bonds. The second kappa shape index (κ2) is 4.52. The molecule has 0 saturated carbocycles. The first kappa shape index (κ1) is 12.2. The van der Waals surface area contributed by atoms with E-state index >= 15 is 0 Å². The van der Waals surface area contributed by atoms with Crippen molar-refractivity contribution >= 4 is 5.97 Å². The Kier molecular flexibility index (Phi) is 3.06. The van der Waals surface area contributed by atoms with Crippen LogP contribution < -0.4 is 4.74 Å². The van der Waals surface area contributed by atoms with Gasteiger partial charge in [0.05, 0.1) is 12.7 Å². The van der Waals surface area contributed by atoms with Gasteiger partial charge in [0.2, 0.25) is 0 Å². The Labute approximate surface area is 104 Å². The fourth-order valence-electron chi connectivity index (χ4n) is 1.65. The van der Waals surface area contributed by atoms with Crippen LogP contribution in [0.15, 0.2) is 22.7 Å². The van der Waals surface area contributed by atoms with Crippen LogP contribution in [-0.2, 0) is 0 Å². The van der Waals surface area contributed by atoms with E-state index in [1.807, 2.05) is 26.0 Å². The first-order valence-corrected chi connectivity index (χ1v) is 5.38. The van der Waals surface area contributed by atoms with E-state index in [9.17, 15) is 4.79 Å². The number of rotatable bonds is 3. The Hall–Kier alpha value is -2.30. The van der Waals surface area contributed by atoms with Gasteiger partial charge in [0.25, 0.3) is 0 Å². The largest absolute Gasteiger partial charge is 0.496 e. The zero-order valence-corrected chi connectivity index (χ0v) is 10.4. The Morgan fingerprint density at radius 2 is 1.94 bits per heavy atom. The van der Waals surface area contributed by atoms with Crippen LogP contribution >= 0.6 is 0 Å². The van der Waals surface area contributed by atoms with Crippen molar-refractivity contribution in [3.8, 4) is 17.1 Å². The van der Waals surface area contributed by atoms with E-state index in [-0.39, 0.29) is 5.69 Å². The molecule has 2 rings (SSSR count). The summed E-state index contributed by atoms with van der Waals surface area (Å²) in [5.74, 6) is -0.105. The molecule has 0 aliphatic rings. The van der Waals surface area contributed by atoms with Gasteiger partial charge in [-0.15, -0.1) is 0 Å². The molecule has 5 heteroatoms. The van der Waals surface area contributed by atoms with Gasteiger partial charge in [0.15, 0.2) is 11.5 Å². The molecule has 1 aromatic carbocycles. The maximum absolute atomic E-state index is 10.8. The Morgan fingerprint density at radius 3 is 2.50 bits per heavy atom. The lowest BCUT2D eigenvalue weighted by Crippen LogP contribution is -1.94. The minimum absolute atomic E-state index is 0.120. The van der Waals surface area contributed by atoms with E-state index in [1.165, 1.54) is 6.07 Å². The van der Waals surface area contributed by atoms with Crippen molar-refractivity contribution in [2.24, 2.45) is 0 Å². The second-order valence-electron chi connectivity index (χ2n) is 4.02. The summed E-state index contributed by atoms with van der Waals surface area (Å²) in [6, 6.07) is 5.16. The number of carbonyl (C=O) groups is 1. The lowest BCUT2D eigenvalue weighted by atomic mass is 10.0. The monoisotopic (exact) mass is 247 g/mol. The SMILES string of the molecule is COc1cc(C)c(C)cc1-c1cc(C(=O)O)no1. The predicted molar refractivity (Wildman–Crippen MR) is 64.9 cm³/mol. The highest BCUT2D eigenvalue weighted by atomic mass is 16.5. The molecule has 1 aromatic heterocycles. The average molecular weight is 247 g/mol. The summed E-state index contributed by atoms with van der Waals surface area (Å²) in [5, 5.41) is 12.3. The third-order valence-electron chi connectivity index (χ3n) is 2.81. The summed E-state index contributed by atoms with van der Waals surface area (Å²) in [6.07, 6.45) is 0. The normalized spacial score (nSPS) is 10.4. The van der Waals surface area contributed by atoms with Crippen molar-refractivity contribution in [1.82, 2.24) is 5.16 Å². The predicted octanol–water partition coefficient (Wildman–Crippen LogP) is 2.67. The number of aryl methyl sites for hydroxylation is 2. The summed E-state index contributed by atoms with van der Waals surface area (Å²) in [6.45, 7) is 3.94. The van der Waals surface area contributed by atoms with Crippen LogP contribution in [0.1, 0.15) is 21.6 Å². The van der Waals surface area contributed by atoms with Gasteiger partial charge in [0, 0.05) is 6.07 Å². The van der Waals surface area contributed by atoms with Crippen molar-refractivity contribution < 1.29 is 19.2 Å². The zero-order valence-electron chi connectivity index (χ0n) is 10.4. The van der Waals surface area contributed by atoms with E-state index in [0.29, 0.717) is 17.1 Å². The van der Waals surface area contributed by atoms with Crippen LogP contribution in [0.2, 0.25) is 0 Å². The van der Waals surface area contributed by atoms with E-state index in [2.05, 4.69) is 5.16 Å². The number of aromatic carboxylic acids is 1. The standard InChI is InChI=1S/C13H13NO4/c1-7-4-9(11(17-3)5-8(7)2)12-6-10(13(15)16)14-18-12/h4-6H,1-3H3,(H,15,16). The minimum atomic E-state index is -1.12. The molecule has 1 heterocycles. The first-order valence-electron chi connectivity index (χ1n) is 5.38. The van der Waals surface area contributed by atoms with Crippen LogP contribution in [0.4, 0.5) is 0 Å².